The van der Waals surface area contributed by atoms with Crippen LogP contribution < -0.4 is 10.5 Å². The Morgan fingerprint density at radius 1 is 1.28 bits per heavy atom. The maximum absolute atomic E-state index is 5.94. The van der Waals surface area contributed by atoms with Crippen LogP contribution in [0.1, 0.15) is 51.7 Å². The smallest absolute Gasteiger partial charge is 0.123 e. The zero-order valence-corrected chi connectivity index (χ0v) is 12.4. The van der Waals surface area contributed by atoms with Crippen LogP contribution in [0.5, 0.6) is 5.75 Å². The lowest BCUT2D eigenvalue weighted by Gasteiger charge is -2.23. The van der Waals surface area contributed by atoms with E-state index >= 15 is 0 Å². The Kier molecular flexibility index (Phi) is 5.21. The van der Waals surface area contributed by atoms with Crippen molar-refractivity contribution in [2.75, 3.05) is 6.61 Å². The molecule has 1 unspecified atom stereocenters. The molecule has 1 atom stereocenters. The van der Waals surface area contributed by atoms with Crippen LogP contribution in [0.25, 0.3) is 0 Å². The van der Waals surface area contributed by atoms with Gasteiger partial charge < -0.3 is 10.5 Å². The Hall–Kier alpha value is -1.02. The molecule has 0 aliphatic carbocycles. The summed E-state index contributed by atoms with van der Waals surface area (Å²) < 4.78 is 5.94. The van der Waals surface area contributed by atoms with E-state index in [9.17, 15) is 0 Å². The Labute approximate surface area is 112 Å². The van der Waals surface area contributed by atoms with Gasteiger partial charge in [0.2, 0.25) is 0 Å². The maximum atomic E-state index is 5.94. The Morgan fingerprint density at radius 2 is 1.94 bits per heavy atom. The lowest BCUT2D eigenvalue weighted by atomic mass is 9.86. The van der Waals surface area contributed by atoms with E-state index in [1.165, 1.54) is 11.1 Å². The summed E-state index contributed by atoms with van der Waals surface area (Å²) in [5, 5.41) is 0. The molecule has 0 aromatic heterocycles. The molecule has 0 saturated carbocycles. The molecule has 0 fully saturated rings. The topological polar surface area (TPSA) is 35.2 Å². The number of rotatable bonds is 5. The van der Waals surface area contributed by atoms with Crippen LogP contribution in [-0.2, 0) is 5.41 Å². The van der Waals surface area contributed by atoms with Gasteiger partial charge in [-0.15, -0.1) is 0 Å². The van der Waals surface area contributed by atoms with Crippen molar-refractivity contribution in [3.05, 3.63) is 29.3 Å². The molecule has 1 aromatic carbocycles. The summed E-state index contributed by atoms with van der Waals surface area (Å²) in [5.41, 5.74) is 8.37. The highest BCUT2D eigenvalue weighted by Gasteiger charge is 2.18. The summed E-state index contributed by atoms with van der Waals surface area (Å²) in [6.07, 6.45) is 2.02. The van der Waals surface area contributed by atoms with Crippen LogP contribution in [0.4, 0.5) is 0 Å². The minimum Gasteiger partial charge on any atom is -0.493 e. The van der Waals surface area contributed by atoms with E-state index in [1.54, 1.807) is 0 Å². The first-order chi connectivity index (χ1) is 8.30. The molecule has 102 valence electrons. The van der Waals surface area contributed by atoms with Crippen LogP contribution in [0.3, 0.4) is 0 Å². The largest absolute Gasteiger partial charge is 0.493 e. The second-order valence-electron chi connectivity index (χ2n) is 6.22. The molecular formula is C16H27NO. The van der Waals surface area contributed by atoms with E-state index in [2.05, 4.69) is 45.9 Å². The van der Waals surface area contributed by atoms with Crippen LogP contribution in [0.2, 0.25) is 0 Å². The van der Waals surface area contributed by atoms with E-state index in [0.717, 1.165) is 25.2 Å². The molecule has 18 heavy (non-hydrogen) atoms. The van der Waals surface area contributed by atoms with Crippen molar-refractivity contribution in [3.63, 3.8) is 0 Å². The van der Waals surface area contributed by atoms with Gasteiger partial charge in [0, 0.05) is 6.04 Å². The van der Waals surface area contributed by atoms with Crippen LogP contribution >= 0.6 is 0 Å². The van der Waals surface area contributed by atoms with Crippen molar-refractivity contribution in [2.45, 2.75) is 58.9 Å². The molecule has 0 heterocycles. The number of ether oxygens (including phenoxy) is 1. The second-order valence-corrected chi connectivity index (χ2v) is 6.22. The van der Waals surface area contributed by atoms with Crippen molar-refractivity contribution < 1.29 is 4.74 Å². The Bertz CT molecular complexity index is 377. The van der Waals surface area contributed by atoms with Gasteiger partial charge in [-0.05, 0) is 49.3 Å². The predicted octanol–water partition coefficient (Wildman–Crippen LogP) is 3.80. The number of benzene rings is 1. The molecule has 2 heteroatoms. The van der Waals surface area contributed by atoms with Gasteiger partial charge in [-0.1, -0.05) is 32.9 Å². The highest BCUT2D eigenvalue weighted by Crippen LogP contribution is 2.32. The number of hydrogen-bond donors (Lipinski definition) is 1. The van der Waals surface area contributed by atoms with Crippen LogP contribution in [0, 0.1) is 6.92 Å². The fraction of sp³-hybridized carbons (Fsp3) is 0.625. The Morgan fingerprint density at radius 3 is 2.50 bits per heavy atom. The minimum absolute atomic E-state index is 0.115. The first-order valence-corrected chi connectivity index (χ1v) is 6.80. The molecule has 0 bridgehead atoms. The third-order valence-corrected chi connectivity index (χ3v) is 3.01. The van der Waals surface area contributed by atoms with Gasteiger partial charge in [-0.3, -0.25) is 0 Å². The SMILES string of the molecule is Cc1ccc(C(C)(C)C)c(OCCCC(C)N)c1. The first kappa shape index (κ1) is 15.0. The van der Waals surface area contributed by atoms with E-state index in [0.29, 0.717) is 0 Å². The molecule has 0 aliphatic rings. The molecule has 0 saturated heterocycles. The number of nitrogens with two attached hydrogens (primary N) is 1. The normalized spacial score (nSPS) is 13.4. The van der Waals surface area contributed by atoms with Crippen molar-refractivity contribution in [2.24, 2.45) is 5.73 Å². The second kappa shape index (κ2) is 6.24. The number of aryl methyl sites for hydroxylation is 1. The lowest BCUT2D eigenvalue weighted by molar-refractivity contribution is 0.295. The third-order valence-electron chi connectivity index (χ3n) is 3.01. The van der Waals surface area contributed by atoms with Crippen LogP contribution in [-0.4, -0.2) is 12.6 Å². The molecule has 2 nitrogen and oxygen atoms in total. The highest BCUT2D eigenvalue weighted by molar-refractivity contribution is 5.41. The van der Waals surface area contributed by atoms with Crippen molar-refractivity contribution in [1.82, 2.24) is 0 Å². The minimum atomic E-state index is 0.115. The molecule has 0 amide bonds. The van der Waals surface area contributed by atoms with Gasteiger partial charge in [0.25, 0.3) is 0 Å². The van der Waals surface area contributed by atoms with Gasteiger partial charge >= 0.3 is 0 Å². The monoisotopic (exact) mass is 249 g/mol. The quantitative estimate of drug-likeness (QED) is 0.806. The maximum Gasteiger partial charge on any atom is 0.123 e. The summed E-state index contributed by atoms with van der Waals surface area (Å²) in [6, 6.07) is 6.71. The van der Waals surface area contributed by atoms with Crippen molar-refractivity contribution in [1.29, 1.82) is 0 Å². The Balaban J connectivity index is 2.71. The summed E-state index contributed by atoms with van der Waals surface area (Å²) >= 11 is 0. The average molecular weight is 249 g/mol. The predicted molar refractivity (Wildman–Crippen MR) is 78.3 cm³/mol. The van der Waals surface area contributed by atoms with Crippen molar-refractivity contribution >= 4 is 0 Å². The zero-order valence-electron chi connectivity index (χ0n) is 12.4. The van der Waals surface area contributed by atoms with Gasteiger partial charge in [-0.25, -0.2) is 0 Å². The van der Waals surface area contributed by atoms with Gasteiger partial charge in [0.05, 0.1) is 6.61 Å². The van der Waals surface area contributed by atoms with E-state index < -0.39 is 0 Å². The molecule has 0 spiro atoms. The van der Waals surface area contributed by atoms with Gasteiger partial charge in [0.15, 0.2) is 0 Å². The van der Waals surface area contributed by atoms with Gasteiger partial charge in [-0.2, -0.15) is 0 Å². The standard InChI is InChI=1S/C16H27NO/c1-12-8-9-14(16(3,4)5)15(11-12)18-10-6-7-13(2)17/h8-9,11,13H,6-7,10,17H2,1-5H3. The molecule has 2 N–H and O–H groups in total. The van der Waals surface area contributed by atoms with E-state index in [4.69, 9.17) is 10.5 Å². The first-order valence-electron chi connectivity index (χ1n) is 6.80. The molecule has 1 rings (SSSR count). The summed E-state index contributed by atoms with van der Waals surface area (Å²) in [5.74, 6) is 1.02. The third kappa shape index (κ3) is 4.69. The zero-order chi connectivity index (χ0) is 13.8. The van der Waals surface area contributed by atoms with Crippen LogP contribution in [0.15, 0.2) is 18.2 Å². The van der Waals surface area contributed by atoms with E-state index in [-0.39, 0.29) is 11.5 Å². The molecule has 0 aliphatic heterocycles. The number of hydrogen-bond acceptors (Lipinski definition) is 2. The summed E-state index contributed by atoms with van der Waals surface area (Å²) in [6.45, 7) is 11.5. The molecule has 0 radical (unpaired) electrons. The average Bonchev–Trinajstić information content (AvgIpc) is 2.22. The lowest BCUT2D eigenvalue weighted by Crippen LogP contribution is -2.17. The van der Waals surface area contributed by atoms with Crippen molar-refractivity contribution in [3.8, 4) is 5.75 Å². The van der Waals surface area contributed by atoms with Gasteiger partial charge in [0.1, 0.15) is 5.75 Å². The summed E-state index contributed by atoms with van der Waals surface area (Å²) in [4.78, 5) is 0. The fourth-order valence-electron chi connectivity index (χ4n) is 1.96. The fourth-order valence-corrected chi connectivity index (χ4v) is 1.96. The molecule has 1 aromatic rings. The summed E-state index contributed by atoms with van der Waals surface area (Å²) in [7, 11) is 0. The molecular weight excluding hydrogens is 222 g/mol. The van der Waals surface area contributed by atoms with E-state index in [1.807, 2.05) is 6.92 Å². The highest BCUT2D eigenvalue weighted by atomic mass is 16.5.